The summed E-state index contributed by atoms with van der Waals surface area (Å²) in [6.45, 7) is 1.63. The zero-order valence-electron chi connectivity index (χ0n) is 11.3. The molecule has 2 rings (SSSR count). The van der Waals surface area contributed by atoms with E-state index < -0.39 is 17.7 Å². The summed E-state index contributed by atoms with van der Waals surface area (Å²) < 4.78 is 65.6. The molecule has 0 spiro atoms. The van der Waals surface area contributed by atoms with Crippen LogP contribution in [0.5, 0.6) is 0 Å². The van der Waals surface area contributed by atoms with Gasteiger partial charge in [-0.15, -0.1) is 0 Å². The summed E-state index contributed by atoms with van der Waals surface area (Å²) in [5.41, 5.74) is 4.50. The molecule has 2 aromatic rings. The molecular weight excluding hydrogens is 307 g/mol. The molecule has 2 N–H and O–H groups in total. The lowest BCUT2D eigenvalue weighted by molar-refractivity contribution is -0.289. The summed E-state index contributed by atoms with van der Waals surface area (Å²) in [4.78, 5) is 3.83. The molecule has 0 fully saturated rings. The van der Waals surface area contributed by atoms with Crippen molar-refractivity contribution < 1.29 is 22.0 Å². The van der Waals surface area contributed by atoms with Gasteiger partial charge in [0.15, 0.2) is 0 Å². The lowest BCUT2D eigenvalue weighted by atomic mass is 10.0. The quantitative estimate of drug-likeness (QED) is 0.697. The van der Waals surface area contributed by atoms with E-state index >= 15 is 0 Å². The fourth-order valence-electron chi connectivity index (χ4n) is 1.77. The number of alkyl halides is 5. The number of hydrogen-bond acceptors (Lipinski definition) is 3. The number of nitrogen functional groups attached to an aromatic ring is 1. The van der Waals surface area contributed by atoms with Crippen molar-refractivity contribution in [2.75, 3.05) is 5.73 Å². The van der Waals surface area contributed by atoms with Crippen LogP contribution in [0.15, 0.2) is 35.6 Å². The van der Waals surface area contributed by atoms with Crippen LogP contribution in [-0.4, -0.2) is 22.1 Å². The van der Waals surface area contributed by atoms with E-state index in [2.05, 4.69) is 10.1 Å². The van der Waals surface area contributed by atoms with Gasteiger partial charge >= 0.3 is 12.1 Å². The Balaban J connectivity index is 2.44. The van der Waals surface area contributed by atoms with Crippen molar-refractivity contribution in [1.82, 2.24) is 9.66 Å². The molecule has 4 nitrogen and oxygen atoms in total. The van der Waals surface area contributed by atoms with Crippen molar-refractivity contribution in [1.29, 1.82) is 0 Å². The first-order valence-corrected chi connectivity index (χ1v) is 6.03. The maximum Gasteiger partial charge on any atom is 0.458 e. The lowest BCUT2D eigenvalue weighted by Crippen LogP contribution is -2.34. The molecule has 0 aliphatic carbocycles. The minimum absolute atomic E-state index is 0.00573. The fourth-order valence-corrected chi connectivity index (χ4v) is 1.77. The van der Waals surface area contributed by atoms with Gasteiger partial charge in [0.2, 0.25) is 5.95 Å². The number of halogens is 5. The molecule has 1 aromatic carbocycles. The maximum absolute atomic E-state index is 13.5. The SMILES string of the molecule is Cc1cn(N=Cc2ccccc2C(F)(F)C(F)(F)F)c(N)n1. The number of rotatable bonds is 3. The van der Waals surface area contributed by atoms with Crippen LogP contribution < -0.4 is 5.73 Å². The molecule has 0 unspecified atom stereocenters. The molecule has 0 atom stereocenters. The summed E-state index contributed by atoms with van der Waals surface area (Å²) >= 11 is 0. The molecule has 0 radical (unpaired) electrons. The van der Waals surface area contributed by atoms with Crippen molar-refractivity contribution in [3.63, 3.8) is 0 Å². The first-order chi connectivity index (χ1) is 10.1. The van der Waals surface area contributed by atoms with Gasteiger partial charge in [0.05, 0.1) is 18.1 Å². The topological polar surface area (TPSA) is 56.2 Å². The number of aromatic nitrogens is 2. The highest BCUT2D eigenvalue weighted by Gasteiger charge is 2.59. The van der Waals surface area contributed by atoms with Crippen LogP contribution in [0.3, 0.4) is 0 Å². The summed E-state index contributed by atoms with van der Waals surface area (Å²) in [6, 6.07) is 4.25. The van der Waals surface area contributed by atoms with E-state index in [1.165, 1.54) is 12.3 Å². The third kappa shape index (κ3) is 2.92. The molecule has 0 amide bonds. The third-order valence-electron chi connectivity index (χ3n) is 2.81. The molecule has 22 heavy (non-hydrogen) atoms. The summed E-state index contributed by atoms with van der Waals surface area (Å²) in [5.74, 6) is -4.99. The fraction of sp³-hybridized carbons (Fsp3) is 0.231. The first kappa shape index (κ1) is 15.9. The van der Waals surface area contributed by atoms with Crippen molar-refractivity contribution in [3.8, 4) is 0 Å². The Kier molecular flexibility index (Phi) is 3.90. The Morgan fingerprint density at radius 2 is 1.82 bits per heavy atom. The Morgan fingerprint density at radius 3 is 2.36 bits per heavy atom. The average molecular weight is 318 g/mol. The Morgan fingerprint density at radius 1 is 1.18 bits per heavy atom. The first-order valence-electron chi connectivity index (χ1n) is 6.03. The molecule has 9 heteroatoms. The van der Waals surface area contributed by atoms with E-state index in [1.54, 1.807) is 6.92 Å². The zero-order valence-corrected chi connectivity index (χ0v) is 11.3. The minimum atomic E-state index is -5.69. The second-order valence-electron chi connectivity index (χ2n) is 4.49. The van der Waals surface area contributed by atoms with Crippen LogP contribution >= 0.6 is 0 Å². The van der Waals surface area contributed by atoms with E-state index in [0.717, 1.165) is 23.0 Å². The number of aryl methyl sites for hydroxylation is 1. The van der Waals surface area contributed by atoms with Gasteiger partial charge in [-0.3, -0.25) is 0 Å². The number of imidazole rings is 1. The number of anilines is 1. The van der Waals surface area contributed by atoms with Crippen LogP contribution in [0.1, 0.15) is 16.8 Å². The number of benzene rings is 1. The number of nitrogens with zero attached hydrogens (tertiary/aromatic N) is 3. The predicted molar refractivity (Wildman–Crippen MR) is 70.8 cm³/mol. The third-order valence-corrected chi connectivity index (χ3v) is 2.81. The van der Waals surface area contributed by atoms with Gasteiger partial charge in [0.25, 0.3) is 0 Å². The molecule has 0 saturated heterocycles. The molecule has 1 heterocycles. The molecule has 0 saturated carbocycles. The van der Waals surface area contributed by atoms with E-state index in [4.69, 9.17) is 5.73 Å². The average Bonchev–Trinajstić information content (AvgIpc) is 2.73. The van der Waals surface area contributed by atoms with E-state index in [1.807, 2.05) is 0 Å². The van der Waals surface area contributed by atoms with Crippen molar-refractivity contribution in [2.45, 2.75) is 19.0 Å². The van der Waals surface area contributed by atoms with Gasteiger partial charge in [0, 0.05) is 11.1 Å². The van der Waals surface area contributed by atoms with E-state index in [9.17, 15) is 22.0 Å². The standard InChI is InChI=1S/C13H11F5N4/c1-8-7-22(11(19)21-8)20-6-9-4-2-3-5-10(9)12(14,15)13(16,17)18/h2-7H,1H3,(H2,19,21). The number of nitrogens with two attached hydrogens (primary N) is 1. The second kappa shape index (κ2) is 5.39. The Labute approximate surface area is 122 Å². The van der Waals surface area contributed by atoms with Gasteiger partial charge in [-0.05, 0) is 6.92 Å². The molecule has 0 aliphatic heterocycles. The Bertz CT molecular complexity index is 703. The summed E-state index contributed by atoms with van der Waals surface area (Å²) in [7, 11) is 0. The summed E-state index contributed by atoms with van der Waals surface area (Å²) in [6.07, 6.45) is -3.40. The van der Waals surface area contributed by atoms with Crippen LogP contribution in [0, 0.1) is 6.92 Å². The molecule has 0 bridgehead atoms. The normalized spacial score (nSPS) is 13.0. The van der Waals surface area contributed by atoms with Crippen LogP contribution in [0.4, 0.5) is 27.9 Å². The van der Waals surface area contributed by atoms with Crippen molar-refractivity contribution in [2.24, 2.45) is 5.10 Å². The molecular formula is C13H11F5N4. The van der Waals surface area contributed by atoms with Crippen molar-refractivity contribution >= 4 is 12.2 Å². The van der Waals surface area contributed by atoms with Gasteiger partial charge < -0.3 is 5.73 Å². The predicted octanol–water partition coefficient (Wildman–Crippen LogP) is 3.31. The monoisotopic (exact) mass is 318 g/mol. The Hall–Kier alpha value is -2.45. The van der Waals surface area contributed by atoms with Gasteiger partial charge in [0.1, 0.15) is 0 Å². The lowest BCUT2D eigenvalue weighted by Gasteiger charge is -2.21. The van der Waals surface area contributed by atoms with Crippen LogP contribution in [-0.2, 0) is 5.92 Å². The van der Waals surface area contributed by atoms with Crippen molar-refractivity contribution in [3.05, 3.63) is 47.3 Å². The van der Waals surface area contributed by atoms with E-state index in [-0.39, 0.29) is 11.5 Å². The largest absolute Gasteiger partial charge is 0.458 e. The maximum atomic E-state index is 13.5. The molecule has 1 aromatic heterocycles. The minimum Gasteiger partial charge on any atom is -0.368 e. The van der Waals surface area contributed by atoms with Crippen LogP contribution in [0.25, 0.3) is 0 Å². The second-order valence-corrected chi connectivity index (χ2v) is 4.49. The highest BCUT2D eigenvalue weighted by Crippen LogP contribution is 2.44. The van der Waals surface area contributed by atoms with E-state index in [0.29, 0.717) is 11.8 Å². The zero-order chi connectivity index (χ0) is 16.5. The molecule has 0 aliphatic rings. The summed E-state index contributed by atoms with van der Waals surface area (Å²) in [5, 5.41) is 3.76. The molecule has 118 valence electrons. The van der Waals surface area contributed by atoms with Gasteiger partial charge in [-0.25, -0.2) is 9.66 Å². The van der Waals surface area contributed by atoms with Gasteiger partial charge in [-0.2, -0.15) is 27.1 Å². The van der Waals surface area contributed by atoms with Crippen LogP contribution in [0.2, 0.25) is 0 Å². The highest BCUT2D eigenvalue weighted by molar-refractivity contribution is 5.82. The number of hydrogen-bond donors (Lipinski definition) is 1. The smallest absolute Gasteiger partial charge is 0.368 e. The highest BCUT2D eigenvalue weighted by atomic mass is 19.4. The van der Waals surface area contributed by atoms with Gasteiger partial charge in [-0.1, -0.05) is 24.3 Å².